The van der Waals surface area contributed by atoms with E-state index < -0.39 is 0 Å². The zero-order valence-corrected chi connectivity index (χ0v) is 7.86. The predicted molar refractivity (Wildman–Crippen MR) is 53.3 cm³/mol. The number of thiophene rings is 1. The molecule has 12 heavy (non-hydrogen) atoms. The molecule has 1 aromatic heterocycles. The molecule has 0 saturated carbocycles. The summed E-state index contributed by atoms with van der Waals surface area (Å²) in [5.41, 5.74) is 7.16. The van der Waals surface area contributed by atoms with Gasteiger partial charge in [0.2, 0.25) is 0 Å². The predicted octanol–water partition coefficient (Wildman–Crippen LogP) is 2.14. The van der Waals surface area contributed by atoms with Crippen LogP contribution in [0.25, 0.3) is 0 Å². The van der Waals surface area contributed by atoms with E-state index in [4.69, 9.17) is 5.73 Å². The Hall–Kier alpha value is -0.540. The van der Waals surface area contributed by atoms with Crippen LogP contribution in [-0.2, 0) is 0 Å². The monoisotopic (exact) mass is 182 g/mol. The Morgan fingerprint density at radius 1 is 1.50 bits per heavy atom. The molecule has 2 rings (SSSR count). The number of nitrogens with one attached hydrogen (secondary N) is 1. The zero-order chi connectivity index (χ0) is 8.39. The highest BCUT2D eigenvalue weighted by Crippen LogP contribution is 2.30. The van der Waals surface area contributed by atoms with Crippen LogP contribution in [0.3, 0.4) is 0 Å². The number of piperidine rings is 1. The third kappa shape index (κ3) is 1.47. The van der Waals surface area contributed by atoms with Gasteiger partial charge in [-0.2, -0.15) is 0 Å². The average molecular weight is 182 g/mol. The normalized spacial score (nSPS) is 24.2. The fourth-order valence-electron chi connectivity index (χ4n) is 1.74. The van der Waals surface area contributed by atoms with Crippen LogP contribution in [0.5, 0.6) is 0 Å². The molecule has 66 valence electrons. The number of hydrogen-bond donors (Lipinski definition) is 2. The molecule has 1 aromatic rings. The van der Waals surface area contributed by atoms with Gasteiger partial charge in [-0.3, -0.25) is 0 Å². The zero-order valence-electron chi connectivity index (χ0n) is 7.05. The summed E-state index contributed by atoms with van der Waals surface area (Å²) in [6.45, 7) is 1.14. The maximum absolute atomic E-state index is 5.85. The third-order valence-corrected chi connectivity index (χ3v) is 3.17. The lowest BCUT2D eigenvalue weighted by molar-refractivity contribution is 0.414. The third-order valence-electron chi connectivity index (χ3n) is 2.41. The van der Waals surface area contributed by atoms with Crippen LogP contribution in [0.2, 0.25) is 0 Å². The molecule has 0 bridgehead atoms. The van der Waals surface area contributed by atoms with E-state index in [1.165, 1.54) is 24.8 Å². The van der Waals surface area contributed by atoms with Gasteiger partial charge in [0, 0.05) is 11.6 Å². The Kier molecular flexibility index (Phi) is 2.33. The molecule has 0 amide bonds. The van der Waals surface area contributed by atoms with Gasteiger partial charge < -0.3 is 11.1 Å². The topological polar surface area (TPSA) is 38.0 Å². The summed E-state index contributed by atoms with van der Waals surface area (Å²) < 4.78 is 0. The van der Waals surface area contributed by atoms with Gasteiger partial charge in [0.1, 0.15) is 0 Å². The van der Waals surface area contributed by atoms with Crippen molar-refractivity contribution in [2.75, 3.05) is 12.3 Å². The van der Waals surface area contributed by atoms with Crippen molar-refractivity contribution in [2.45, 2.75) is 25.3 Å². The molecule has 1 unspecified atom stereocenters. The Bertz CT molecular complexity index is 251. The second-order valence-corrected chi connectivity index (χ2v) is 4.19. The van der Waals surface area contributed by atoms with Crippen molar-refractivity contribution in [3.8, 4) is 0 Å². The molecule has 0 aliphatic carbocycles. The van der Waals surface area contributed by atoms with Gasteiger partial charge in [-0.1, -0.05) is 6.42 Å². The molecule has 1 aliphatic rings. The van der Waals surface area contributed by atoms with Crippen molar-refractivity contribution >= 4 is 16.3 Å². The molecule has 2 nitrogen and oxygen atoms in total. The lowest BCUT2D eigenvalue weighted by Crippen LogP contribution is -2.26. The summed E-state index contributed by atoms with van der Waals surface area (Å²) in [6, 6.07) is 2.66. The number of hydrogen-bond acceptors (Lipinski definition) is 3. The standard InChI is InChI=1S/C9H14N2S/c10-9-7(4-6-12-9)8-3-1-2-5-11-8/h4,6,8,11H,1-3,5,10H2. The summed E-state index contributed by atoms with van der Waals surface area (Å²) in [7, 11) is 0. The van der Waals surface area contributed by atoms with E-state index in [1.54, 1.807) is 11.3 Å². The quantitative estimate of drug-likeness (QED) is 0.698. The van der Waals surface area contributed by atoms with E-state index in [1.807, 2.05) is 0 Å². The number of rotatable bonds is 1. The lowest BCUT2D eigenvalue weighted by atomic mass is 9.99. The lowest BCUT2D eigenvalue weighted by Gasteiger charge is -2.23. The SMILES string of the molecule is Nc1sccc1C1CCCCN1. The number of nitrogen functional groups attached to an aromatic ring is 1. The van der Waals surface area contributed by atoms with E-state index in [0.29, 0.717) is 6.04 Å². The fraction of sp³-hybridized carbons (Fsp3) is 0.556. The molecule has 0 aromatic carbocycles. The summed E-state index contributed by atoms with van der Waals surface area (Å²) in [5, 5.41) is 6.54. The first-order valence-corrected chi connectivity index (χ1v) is 5.32. The average Bonchev–Trinajstić information content (AvgIpc) is 2.53. The van der Waals surface area contributed by atoms with Gasteiger partial charge >= 0.3 is 0 Å². The largest absolute Gasteiger partial charge is 0.390 e. The van der Waals surface area contributed by atoms with Crippen molar-refractivity contribution < 1.29 is 0 Å². The van der Waals surface area contributed by atoms with Gasteiger partial charge in [0.15, 0.2) is 0 Å². The Morgan fingerprint density at radius 2 is 2.42 bits per heavy atom. The first-order valence-electron chi connectivity index (χ1n) is 4.44. The van der Waals surface area contributed by atoms with Crippen LogP contribution in [0, 0.1) is 0 Å². The van der Waals surface area contributed by atoms with Gasteiger partial charge in [-0.25, -0.2) is 0 Å². The van der Waals surface area contributed by atoms with Crippen LogP contribution in [0.4, 0.5) is 5.00 Å². The maximum atomic E-state index is 5.85. The van der Waals surface area contributed by atoms with Crippen molar-refractivity contribution in [2.24, 2.45) is 0 Å². The second-order valence-electron chi connectivity index (χ2n) is 3.24. The van der Waals surface area contributed by atoms with E-state index in [0.717, 1.165) is 11.5 Å². The minimum atomic E-state index is 0.519. The molecule has 1 atom stereocenters. The van der Waals surface area contributed by atoms with Crippen LogP contribution >= 0.6 is 11.3 Å². The molecule has 0 spiro atoms. The molecule has 3 heteroatoms. The molecule has 1 aliphatic heterocycles. The first kappa shape index (κ1) is 8.08. The molecular weight excluding hydrogens is 168 g/mol. The second kappa shape index (κ2) is 3.46. The Balaban J connectivity index is 2.13. The van der Waals surface area contributed by atoms with Gasteiger partial charge in [-0.05, 0) is 30.8 Å². The van der Waals surface area contributed by atoms with E-state index in [2.05, 4.69) is 16.8 Å². The van der Waals surface area contributed by atoms with Crippen LogP contribution in [0.15, 0.2) is 11.4 Å². The van der Waals surface area contributed by atoms with Crippen LogP contribution in [-0.4, -0.2) is 6.54 Å². The van der Waals surface area contributed by atoms with Crippen molar-refractivity contribution in [1.29, 1.82) is 0 Å². The minimum Gasteiger partial charge on any atom is -0.390 e. The molecule has 2 heterocycles. The first-order chi connectivity index (χ1) is 5.88. The highest BCUT2D eigenvalue weighted by Gasteiger charge is 2.16. The molecule has 1 fully saturated rings. The molecule has 3 N–H and O–H groups in total. The maximum Gasteiger partial charge on any atom is 0.0904 e. The van der Waals surface area contributed by atoms with E-state index >= 15 is 0 Å². The van der Waals surface area contributed by atoms with Gasteiger partial charge in [0.25, 0.3) is 0 Å². The smallest absolute Gasteiger partial charge is 0.0904 e. The number of nitrogens with two attached hydrogens (primary N) is 1. The summed E-state index contributed by atoms with van der Waals surface area (Å²) in [5.74, 6) is 0. The van der Waals surface area contributed by atoms with Crippen molar-refractivity contribution in [3.05, 3.63) is 17.0 Å². The van der Waals surface area contributed by atoms with Gasteiger partial charge in [-0.15, -0.1) is 11.3 Å². The molecule has 1 saturated heterocycles. The Labute approximate surface area is 76.8 Å². The summed E-state index contributed by atoms with van der Waals surface area (Å²) in [4.78, 5) is 0. The van der Waals surface area contributed by atoms with Crippen LogP contribution in [0.1, 0.15) is 30.9 Å². The van der Waals surface area contributed by atoms with Crippen LogP contribution < -0.4 is 11.1 Å². The summed E-state index contributed by atoms with van der Waals surface area (Å²) in [6.07, 6.45) is 3.87. The highest BCUT2D eigenvalue weighted by atomic mass is 32.1. The minimum absolute atomic E-state index is 0.519. The van der Waals surface area contributed by atoms with Crippen molar-refractivity contribution in [3.63, 3.8) is 0 Å². The van der Waals surface area contributed by atoms with Gasteiger partial charge in [0.05, 0.1) is 5.00 Å². The number of anilines is 1. The summed E-state index contributed by atoms with van der Waals surface area (Å²) >= 11 is 1.64. The van der Waals surface area contributed by atoms with Crippen molar-refractivity contribution in [1.82, 2.24) is 5.32 Å². The molecular formula is C9H14N2S. The van der Waals surface area contributed by atoms with E-state index in [-0.39, 0.29) is 0 Å². The van der Waals surface area contributed by atoms with E-state index in [9.17, 15) is 0 Å². The fourth-order valence-corrected chi connectivity index (χ4v) is 2.44. The highest BCUT2D eigenvalue weighted by molar-refractivity contribution is 7.14. The molecule has 0 radical (unpaired) electrons. The Morgan fingerprint density at radius 3 is 3.00 bits per heavy atom.